The second kappa shape index (κ2) is 5.18. The first-order chi connectivity index (χ1) is 5.45. The molecule has 12 heavy (non-hydrogen) atoms. The third kappa shape index (κ3) is 7.58. The Balaban J connectivity index is 3.47. The predicted octanol–water partition coefficient (Wildman–Crippen LogP) is 2.77. The molecule has 0 bridgehead atoms. The molecule has 0 atom stereocenters. The van der Waals surface area contributed by atoms with Gasteiger partial charge in [0, 0.05) is 0 Å². The zero-order valence-electron chi connectivity index (χ0n) is 8.64. The van der Waals surface area contributed by atoms with E-state index in [2.05, 4.69) is 6.92 Å². The summed E-state index contributed by atoms with van der Waals surface area (Å²) in [6.45, 7) is 8.76. The standard InChI is InChI=1S/C10H20O2/c1-5-6-7-12-9(11)8-10(2,3)4/h5-8H2,1-4H3. The number of hydrogen-bond donors (Lipinski definition) is 0. The van der Waals surface area contributed by atoms with Crippen LogP contribution in [0.5, 0.6) is 0 Å². The third-order valence-electron chi connectivity index (χ3n) is 1.44. The van der Waals surface area contributed by atoms with E-state index in [-0.39, 0.29) is 11.4 Å². The molecular formula is C10H20O2. The summed E-state index contributed by atoms with van der Waals surface area (Å²) >= 11 is 0. The summed E-state index contributed by atoms with van der Waals surface area (Å²) in [4.78, 5) is 11.1. The molecule has 0 radical (unpaired) electrons. The van der Waals surface area contributed by atoms with Gasteiger partial charge in [-0.1, -0.05) is 34.1 Å². The second-order valence-corrected chi connectivity index (χ2v) is 4.31. The molecule has 0 saturated heterocycles. The maximum Gasteiger partial charge on any atom is 0.306 e. The molecule has 0 aliphatic heterocycles. The van der Waals surface area contributed by atoms with E-state index in [1.165, 1.54) is 0 Å². The third-order valence-corrected chi connectivity index (χ3v) is 1.44. The van der Waals surface area contributed by atoms with E-state index in [4.69, 9.17) is 4.74 Å². The van der Waals surface area contributed by atoms with Crippen LogP contribution in [0.25, 0.3) is 0 Å². The predicted molar refractivity (Wildman–Crippen MR) is 49.9 cm³/mol. The zero-order valence-corrected chi connectivity index (χ0v) is 8.64. The number of ether oxygens (including phenoxy) is 1. The molecule has 0 amide bonds. The summed E-state index contributed by atoms with van der Waals surface area (Å²) in [5.41, 5.74) is 0.0449. The van der Waals surface area contributed by atoms with Crippen molar-refractivity contribution in [2.24, 2.45) is 5.41 Å². The maximum absolute atomic E-state index is 11.1. The van der Waals surface area contributed by atoms with Gasteiger partial charge in [0.05, 0.1) is 13.0 Å². The van der Waals surface area contributed by atoms with Gasteiger partial charge in [0.25, 0.3) is 0 Å². The van der Waals surface area contributed by atoms with Gasteiger partial charge in [-0.05, 0) is 11.8 Å². The molecule has 0 aromatic carbocycles. The normalized spacial score (nSPS) is 11.3. The minimum atomic E-state index is -0.0732. The molecule has 0 aliphatic carbocycles. The highest BCUT2D eigenvalue weighted by molar-refractivity contribution is 5.70. The molecule has 0 fully saturated rings. The summed E-state index contributed by atoms with van der Waals surface area (Å²) in [7, 11) is 0. The molecule has 0 rings (SSSR count). The summed E-state index contributed by atoms with van der Waals surface area (Å²) in [5, 5.41) is 0. The lowest BCUT2D eigenvalue weighted by atomic mass is 9.92. The van der Waals surface area contributed by atoms with Gasteiger partial charge in [0.15, 0.2) is 0 Å². The van der Waals surface area contributed by atoms with Gasteiger partial charge in [-0.15, -0.1) is 0 Å². The van der Waals surface area contributed by atoms with E-state index in [0.717, 1.165) is 12.8 Å². The first-order valence-electron chi connectivity index (χ1n) is 4.61. The molecule has 2 heteroatoms. The zero-order chi connectivity index (χ0) is 9.61. The Hall–Kier alpha value is -0.530. The number of esters is 1. The highest BCUT2D eigenvalue weighted by Gasteiger charge is 2.16. The Morgan fingerprint density at radius 2 is 1.92 bits per heavy atom. The molecular weight excluding hydrogens is 152 g/mol. The Bertz CT molecular complexity index is 133. The lowest BCUT2D eigenvalue weighted by Crippen LogP contribution is -2.15. The van der Waals surface area contributed by atoms with Crippen LogP contribution in [0.4, 0.5) is 0 Å². The minimum Gasteiger partial charge on any atom is -0.466 e. The molecule has 0 aliphatic rings. The second-order valence-electron chi connectivity index (χ2n) is 4.31. The Kier molecular flexibility index (Phi) is 4.95. The van der Waals surface area contributed by atoms with Crippen LogP contribution in [0.3, 0.4) is 0 Å². The molecule has 0 heterocycles. The van der Waals surface area contributed by atoms with Crippen molar-refractivity contribution in [1.82, 2.24) is 0 Å². The van der Waals surface area contributed by atoms with Crippen LogP contribution in [0, 0.1) is 5.41 Å². The average molecular weight is 172 g/mol. The Morgan fingerprint density at radius 1 is 1.33 bits per heavy atom. The lowest BCUT2D eigenvalue weighted by molar-refractivity contribution is -0.145. The lowest BCUT2D eigenvalue weighted by Gasteiger charge is -2.16. The van der Waals surface area contributed by atoms with Crippen LogP contribution >= 0.6 is 0 Å². The molecule has 0 aromatic heterocycles. The molecule has 0 unspecified atom stereocenters. The van der Waals surface area contributed by atoms with Gasteiger partial charge in [0.2, 0.25) is 0 Å². The number of carbonyl (C=O) groups is 1. The fraction of sp³-hybridized carbons (Fsp3) is 0.900. The molecule has 0 saturated carbocycles. The van der Waals surface area contributed by atoms with Gasteiger partial charge in [-0.2, -0.15) is 0 Å². The molecule has 2 nitrogen and oxygen atoms in total. The minimum absolute atomic E-state index is 0.0449. The van der Waals surface area contributed by atoms with Crippen LogP contribution < -0.4 is 0 Å². The van der Waals surface area contributed by atoms with Crippen LogP contribution in [0.2, 0.25) is 0 Å². The topological polar surface area (TPSA) is 26.3 Å². The van der Waals surface area contributed by atoms with Gasteiger partial charge >= 0.3 is 5.97 Å². The first kappa shape index (κ1) is 11.5. The molecule has 0 N–H and O–H groups in total. The van der Waals surface area contributed by atoms with Gasteiger partial charge in [-0.3, -0.25) is 4.79 Å². The summed E-state index contributed by atoms with van der Waals surface area (Å²) < 4.78 is 5.02. The molecule has 0 aromatic rings. The first-order valence-corrected chi connectivity index (χ1v) is 4.61. The van der Waals surface area contributed by atoms with E-state index >= 15 is 0 Å². The fourth-order valence-corrected chi connectivity index (χ4v) is 0.814. The Labute approximate surface area is 75.3 Å². The number of unbranched alkanes of at least 4 members (excludes halogenated alkanes) is 1. The highest BCUT2D eigenvalue weighted by Crippen LogP contribution is 2.18. The van der Waals surface area contributed by atoms with E-state index in [1.807, 2.05) is 20.8 Å². The SMILES string of the molecule is CCCCOC(=O)CC(C)(C)C. The fourth-order valence-electron chi connectivity index (χ4n) is 0.814. The van der Waals surface area contributed by atoms with Crippen molar-refractivity contribution >= 4 is 5.97 Å². The van der Waals surface area contributed by atoms with Gasteiger partial charge < -0.3 is 4.74 Å². The quantitative estimate of drug-likeness (QED) is 0.481. The van der Waals surface area contributed by atoms with Crippen molar-refractivity contribution in [3.63, 3.8) is 0 Å². The van der Waals surface area contributed by atoms with Crippen LogP contribution in [0.1, 0.15) is 47.0 Å². The smallest absolute Gasteiger partial charge is 0.306 e. The van der Waals surface area contributed by atoms with E-state index in [1.54, 1.807) is 0 Å². The van der Waals surface area contributed by atoms with Crippen molar-refractivity contribution in [1.29, 1.82) is 0 Å². The number of hydrogen-bond acceptors (Lipinski definition) is 2. The van der Waals surface area contributed by atoms with Crippen molar-refractivity contribution in [3.8, 4) is 0 Å². The summed E-state index contributed by atoms with van der Waals surface area (Å²) in [6, 6.07) is 0. The number of rotatable bonds is 4. The molecule has 72 valence electrons. The van der Waals surface area contributed by atoms with E-state index in [9.17, 15) is 4.79 Å². The van der Waals surface area contributed by atoms with E-state index in [0.29, 0.717) is 13.0 Å². The average Bonchev–Trinajstić information content (AvgIpc) is 1.84. The maximum atomic E-state index is 11.1. The van der Waals surface area contributed by atoms with Gasteiger partial charge in [-0.25, -0.2) is 0 Å². The largest absolute Gasteiger partial charge is 0.466 e. The van der Waals surface area contributed by atoms with Crippen molar-refractivity contribution in [2.45, 2.75) is 47.0 Å². The van der Waals surface area contributed by atoms with Crippen molar-refractivity contribution < 1.29 is 9.53 Å². The van der Waals surface area contributed by atoms with Crippen molar-refractivity contribution in [3.05, 3.63) is 0 Å². The Morgan fingerprint density at radius 3 is 2.33 bits per heavy atom. The molecule has 0 spiro atoms. The van der Waals surface area contributed by atoms with Crippen LogP contribution in [-0.4, -0.2) is 12.6 Å². The summed E-state index contributed by atoms with van der Waals surface area (Å²) in [6.07, 6.45) is 2.55. The van der Waals surface area contributed by atoms with Crippen LogP contribution in [0.15, 0.2) is 0 Å². The summed E-state index contributed by atoms with van der Waals surface area (Å²) in [5.74, 6) is -0.0732. The van der Waals surface area contributed by atoms with Crippen LogP contribution in [-0.2, 0) is 9.53 Å². The highest BCUT2D eigenvalue weighted by atomic mass is 16.5. The van der Waals surface area contributed by atoms with E-state index < -0.39 is 0 Å². The van der Waals surface area contributed by atoms with Gasteiger partial charge in [0.1, 0.15) is 0 Å². The monoisotopic (exact) mass is 172 g/mol. The number of carbonyl (C=O) groups excluding carboxylic acids is 1. The van der Waals surface area contributed by atoms with Crippen molar-refractivity contribution in [2.75, 3.05) is 6.61 Å².